The summed E-state index contributed by atoms with van der Waals surface area (Å²) < 4.78 is 10.5. The maximum atomic E-state index is 11.5. The molecule has 1 atom stereocenters. The van der Waals surface area contributed by atoms with Crippen molar-refractivity contribution in [2.45, 2.75) is 52.1 Å². The van der Waals surface area contributed by atoms with Gasteiger partial charge in [-0.1, -0.05) is 26.2 Å². The van der Waals surface area contributed by atoms with Gasteiger partial charge in [0.15, 0.2) is 0 Å². The highest BCUT2D eigenvalue weighted by atomic mass is 16.5. The second-order valence-corrected chi connectivity index (χ2v) is 5.02. The van der Waals surface area contributed by atoms with E-state index in [0.717, 1.165) is 12.8 Å². The monoisotopic (exact) mass is 279 g/mol. The van der Waals surface area contributed by atoms with Gasteiger partial charge in [-0.05, 0) is 38.0 Å². The number of nitrogens with two attached hydrogens (primary N) is 1. The summed E-state index contributed by atoms with van der Waals surface area (Å²) in [6, 6.07) is 4.95. The molecule has 0 bridgehead atoms. The van der Waals surface area contributed by atoms with Gasteiger partial charge in [-0.2, -0.15) is 0 Å². The van der Waals surface area contributed by atoms with Crippen LogP contribution in [-0.4, -0.2) is 19.2 Å². The first-order chi connectivity index (χ1) is 9.58. The van der Waals surface area contributed by atoms with Crippen LogP contribution >= 0.6 is 0 Å². The molecule has 0 aromatic heterocycles. The van der Waals surface area contributed by atoms with Gasteiger partial charge in [0.25, 0.3) is 0 Å². The van der Waals surface area contributed by atoms with Gasteiger partial charge < -0.3 is 15.2 Å². The molecule has 0 aliphatic rings. The molecular weight excluding hydrogens is 254 g/mol. The molecule has 4 nitrogen and oxygen atoms in total. The van der Waals surface area contributed by atoms with Crippen molar-refractivity contribution in [3.8, 4) is 5.75 Å². The van der Waals surface area contributed by atoms with Gasteiger partial charge in [0.05, 0.1) is 24.5 Å². The Labute approximate surface area is 121 Å². The minimum atomic E-state index is -0.384. The van der Waals surface area contributed by atoms with Crippen molar-refractivity contribution < 1.29 is 14.3 Å². The van der Waals surface area contributed by atoms with Crippen LogP contribution in [0.15, 0.2) is 18.2 Å². The van der Waals surface area contributed by atoms with Crippen molar-refractivity contribution in [2.24, 2.45) is 0 Å². The lowest BCUT2D eigenvalue weighted by Gasteiger charge is -2.16. The number of unbranched alkanes of at least 4 members (excludes halogenated alkanes) is 3. The smallest absolute Gasteiger partial charge is 0.337 e. The Morgan fingerprint density at radius 2 is 2.05 bits per heavy atom. The Balaban J connectivity index is 2.59. The average Bonchev–Trinajstić information content (AvgIpc) is 2.45. The fraction of sp³-hybridized carbons (Fsp3) is 0.562. The SMILES string of the molecule is CCCCCCC(C)Oc1cc(C(=O)OC)ccc1N. The highest BCUT2D eigenvalue weighted by Gasteiger charge is 2.11. The summed E-state index contributed by atoms with van der Waals surface area (Å²) in [4.78, 5) is 11.5. The Bertz CT molecular complexity index is 432. The highest BCUT2D eigenvalue weighted by molar-refractivity contribution is 5.90. The summed E-state index contributed by atoms with van der Waals surface area (Å²) in [5.74, 6) is 0.168. The van der Waals surface area contributed by atoms with E-state index in [4.69, 9.17) is 15.2 Å². The Morgan fingerprint density at radius 1 is 1.30 bits per heavy atom. The van der Waals surface area contributed by atoms with Gasteiger partial charge in [0, 0.05) is 0 Å². The molecule has 0 aliphatic heterocycles. The molecule has 1 rings (SSSR count). The van der Waals surface area contributed by atoms with Crippen molar-refractivity contribution in [3.63, 3.8) is 0 Å². The first kappa shape index (κ1) is 16.3. The summed E-state index contributed by atoms with van der Waals surface area (Å²) in [5.41, 5.74) is 6.87. The summed E-state index contributed by atoms with van der Waals surface area (Å²) in [7, 11) is 1.36. The average molecular weight is 279 g/mol. The van der Waals surface area contributed by atoms with E-state index in [0.29, 0.717) is 17.0 Å². The van der Waals surface area contributed by atoms with Gasteiger partial charge >= 0.3 is 5.97 Å². The highest BCUT2D eigenvalue weighted by Crippen LogP contribution is 2.25. The van der Waals surface area contributed by atoms with Crippen molar-refractivity contribution in [2.75, 3.05) is 12.8 Å². The third kappa shape index (κ3) is 5.11. The van der Waals surface area contributed by atoms with Crippen molar-refractivity contribution in [1.82, 2.24) is 0 Å². The number of carbonyl (C=O) groups excluding carboxylic acids is 1. The van der Waals surface area contributed by atoms with Crippen LogP contribution in [0.2, 0.25) is 0 Å². The molecule has 2 N–H and O–H groups in total. The van der Waals surface area contributed by atoms with E-state index in [2.05, 4.69) is 6.92 Å². The summed E-state index contributed by atoms with van der Waals surface area (Å²) in [5, 5.41) is 0. The zero-order valence-corrected chi connectivity index (χ0v) is 12.6. The van der Waals surface area contributed by atoms with Crippen LogP contribution in [0.25, 0.3) is 0 Å². The van der Waals surface area contributed by atoms with Gasteiger partial charge in [0.2, 0.25) is 0 Å². The number of benzene rings is 1. The van der Waals surface area contributed by atoms with Crippen molar-refractivity contribution >= 4 is 11.7 Å². The number of nitrogen functional groups attached to an aromatic ring is 1. The predicted molar refractivity (Wildman–Crippen MR) is 81.0 cm³/mol. The van der Waals surface area contributed by atoms with Gasteiger partial charge in [0.1, 0.15) is 5.75 Å². The molecule has 1 aromatic rings. The molecule has 20 heavy (non-hydrogen) atoms. The van der Waals surface area contributed by atoms with E-state index in [1.54, 1.807) is 18.2 Å². The zero-order chi connectivity index (χ0) is 15.0. The van der Waals surface area contributed by atoms with E-state index >= 15 is 0 Å². The molecule has 0 saturated heterocycles. The number of ether oxygens (including phenoxy) is 2. The van der Waals surface area contributed by atoms with E-state index in [9.17, 15) is 4.79 Å². The van der Waals surface area contributed by atoms with Crippen LogP contribution in [0.3, 0.4) is 0 Å². The molecule has 4 heteroatoms. The van der Waals surface area contributed by atoms with E-state index < -0.39 is 0 Å². The second kappa shape index (κ2) is 8.46. The number of anilines is 1. The molecule has 0 aliphatic carbocycles. The van der Waals surface area contributed by atoms with Gasteiger partial charge in [-0.25, -0.2) is 4.79 Å². The number of hydrogen-bond acceptors (Lipinski definition) is 4. The standard InChI is InChI=1S/C16H25NO3/c1-4-5-6-7-8-12(2)20-15-11-13(16(18)19-3)9-10-14(15)17/h9-12H,4-8,17H2,1-3H3. The quantitative estimate of drug-likeness (QED) is 0.447. The molecule has 1 unspecified atom stereocenters. The molecule has 1 aromatic carbocycles. The topological polar surface area (TPSA) is 61.5 Å². The summed E-state index contributed by atoms with van der Waals surface area (Å²) in [6.45, 7) is 4.22. The van der Waals surface area contributed by atoms with E-state index in [-0.39, 0.29) is 12.1 Å². The van der Waals surface area contributed by atoms with Crippen LogP contribution in [0.5, 0.6) is 5.75 Å². The maximum absolute atomic E-state index is 11.5. The number of esters is 1. The van der Waals surface area contributed by atoms with Gasteiger partial charge in [-0.3, -0.25) is 0 Å². The van der Waals surface area contributed by atoms with Crippen molar-refractivity contribution in [1.29, 1.82) is 0 Å². The number of carbonyl (C=O) groups is 1. The van der Waals surface area contributed by atoms with Crippen molar-refractivity contribution in [3.05, 3.63) is 23.8 Å². The van der Waals surface area contributed by atoms with E-state index in [1.807, 2.05) is 6.92 Å². The van der Waals surface area contributed by atoms with Crippen LogP contribution in [0.4, 0.5) is 5.69 Å². The summed E-state index contributed by atoms with van der Waals surface area (Å²) in [6.07, 6.45) is 5.92. The first-order valence-electron chi connectivity index (χ1n) is 7.23. The minimum absolute atomic E-state index is 0.0852. The molecule has 0 radical (unpaired) electrons. The second-order valence-electron chi connectivity index (χ2n) is 5.02. The Morgan fingerprint density at radius 3 is 2.70 bits per heavy atom. The Kier molecular flexibility index (Phi) is 6.91. The number of rotatable bonds is 8. The molecule has 0 spiro atoms. The largest absolute Gasteiger partial charge is 0.489 e. The molecule has 0 amide bonds. The molecule has 0 saturated carbocycles. The molecule has 112 valence electrons. The predicted octanol–water partition coefficient (Wildman–Crippen LogP) is 3.79. The fourth-order valence-corrected chi connectivity index (χ4v) is 2.02. The molecule has 0 fully saturated rings. The zero-order valence-electron chi connectivity index (χ0n) is 12.6. The van der Waals surface area contributed by atoms with Crippen LogP contribution in [-0.2, 0) is 4.74 Å². The van der Waals surface area contributed by atoms with Crippen LogP contribution < -0.4 is 10.5 Å². The first-order valence-corrected chi connectivity index (χ1v) is 7.23. The Hall–Kier alpha value is -1.71. The van der Waals surface area contributed by atoms with E-state index in [1.165, 1.54) is 26.4 Å². The minimum Gasteiger partial charge on any atom is -0.489 e. The normalized spacial score (nSPS) is 11.9. The van der Waals surface area contributed by atoms with Crippen LogP contribution in [0.1, 0.15) is 56.3 Å². The van der Waals surface area contributed by atoms with Crippen LogP contribution in [0, 0.1) is 0 Å². The molecular formula is C16H25NO3. The third-order valence-corrected chi connectivity index (χ3v) is 3.23. The molecule has 0 heterocycles. The summed E-state index contributed by atoms with van der Waals surface area (Å²) >= 11 is 0. The number of hydrogen-bond donors (Lipinski definition) is 1. The lowest BCUT2D eigenvalue weighted by Crippen LogP contribution is -2.13. The third-order valence-electron chi connectivity index (χ3n) is 3.23. The fourth-order valence-electron chi connectivity index (χ4n) is 2.02. The lowest BCUT2D eigenvalue weighted by molar-refractivity contribution is 0.0600. The lowest BCUT2D eigenvalue weighted by atomic mass is 10.1. The van der Waals surface area contributed by atoms with Gasteiger partial charge in [-0.15, -0.1) is 0 Å². The number of methoxy groups -OCH3 is 1. The maximum Gasteiger partial charge on any atom is 0.337 e.